The molecule has 0 aliphatic rings. The van der Waals surface area contributed by atoms with E-state index in [9.17, 15) is 19.8 Å². The summed E-state index contributed by atoms with van der Waals surface area (Å²) in [4.78, 5) is 33.4. The van der Waals surface area contributed by atoms with Gasteiger partial charge in [-0.1, -0.05) is 30.3 Å². The lowest BCUT2D eigenvalue weighted by Crippen LogP contribution is -2.12. The van der Waals surface area contributed by atoms with Gasteiger partial charge >= 0.3 is 5.97 Å². The number of anilines is 1. The maximum absolute atomic E-state index is 12.5. The molecule has 0 bridgehead atoms. The molecule has 0 aliphatic carbocycles. The van der Waals surface area contributed by atoms with E-state index >= 15 is 0 Å². The second-order valence-corrected chi connectivity index (χ2v) is 8.07. The number of aliphatic hydroxyl groups is 1. The molecule has 0 saturated carbocycles. The maximum atomic E-state index is 12.5. The first kappa shape index (κ1) is 21.4. The highest BCUT2D eigenvalue weighted by Crippen LogP contribution is 2.39. The molecule has 7 nitrogen and oxygen atoms in total. The summed E-state index contributed by atoms with van der Waals surface area (Å²) in [5.41, 5.74) is 2.57. The quantitative estimate of drug-likeness (QED) is 0.390. The van der Waals surface area contributed by atoms with Crippen LogP contribution in [0.25, 0.3) is 21.7 Å². The number of benzene rings is 2. The molecule has 1 unspecified atom stereocenters. The summed E-state index contributed by atoms with van der Waals surface area (Å²) in [5, 5.41) is 22.7. The van der Waals surface area contributed by atoms with Gasteiger partial charge in [0.05, 0.1) is 16.1 Å². The van der Waals surface area contributed by atoms with Crippen LogP contribution < -0.4 is 5.32 Å². The number of hydrogen-bond donors (Lipinski definition) is 3. The predicted molar refractivity (Wildman–Crippen MR) is 123 cm³/mol. The molecule has 2 heterocycles. The highest BCUT2D eigenvalue weighted by Gasteiger charge is 2.19. The molecule has 1 amide bonds. The number of aromatic nitrogens is 2. The number of rotatable bonds is 6. The van der Waals surface area contributed by atoms with Crippen LogP contribution in [-0.4, -0.2) is 32.1 Å². The molecule has 0 saturated heterocycles. The molecule has 2 aromatic heterocycles. The smallest absolute Gasteiger partial charge is 0.335 e. The highest BCUT2D eigenvalue weighted by atomic mass is 32.1. The summed E-state index contributed by atoms with van der Waals surface area (Å²) < 4.78 is 0. The fraction of sp³-hybridized carbons (Fsp3) is 0.0833. The number of nitrogens with one attached hydrogen (secondary N) is 1. The topological polar surface area (TPSA) is 112 Å². The number of carboxylic acid groups (broad SMARTS) is 1. The van der Waals surface area contributed by atoms with Crippen LogP contribution in [0.1, 0.15) is 38.8 Å². The first-order chi connectivity index (χ1) is 15.4. The Morgan fingerprint density at radius 2 is 1.72 bits per heavy atom. The molecule has 4 aromatic rings. The highest BCUT2D eigenvalue weighted by molar-refractivity contribution is 7.15. The number of nitrogens with zero attached hydrogens (tertiary/aromatic N) is 2. The number of hydrogen-bond acceptors (Lipinski definition) is 6. The molecular weight excluding hydrogens is 426 g/mol. The van der Waals surface area contributed by atoms with Crippen molar-refractivity contribution in [3.8, 4) is 21.7 Å². The van der Waals surface area contributed by atoms with Crippen molar-refractivity contribution in [2.75, 3.05) is 5.32 Å². The van der Waals surface area contributed by atoms with Gasteiger partial charge < -0.3 is 15.5 Å². The lowest BCUT2D eigenvalue weighted by Gasteiger charge is -2.07. The Bertz CT molecular complexity index is 1290. The number of amides is 1. The van der Waals surface area contributed by atoms with E-state index in [4.69, 9.17) is 0 Å². The van der Waals surface area contributed by atoms with E-state index in [1.54, 1.807) is 67.7 Å². The van der Waals surface area contributed by atoms with E-state index in [0.29, 0.717) is 27.6 Å². The summed E-state index contributed by atoms with van der Waals surface area (Å²) in [6.45, 7) is 1.62. The zero-order chi connectivity index (χ0) is 22.7. The summed E-state index contributed by atoms with van der Waals surface area (Å²) >= 11 is 1.30. The third-order valence-electron chi connectivity index (χ3n) is 4.68. The minimum absolute atomic E-state index is 0.144. The zero-order valence-electron chi connectivity index (χ0n) is 17.0. The Morgan fingerprint density at radius 3 is 2.44 bits per heavy atom. The summed E-state index contributed by atoms with van der Waals surface area (Å²) in [6, 6.07) is 18.8. The molecule has 160 valence electrons. The van der Waals surface area contributed by atoms with Gasteiger partial charge in [-0.15, -0.1) is 11.3 Å². The van der Waals surface area contributed by atoms with Gasteiger partial charge in [0.1, 0.15) is 16.9 Å². The average molecular weight is 446 g/mol. The number of aliphatic hydroxyl groups excluding tert-OH is 1. The summed E-state index contributed by atoms with van der Waals surface area (Å²) in [6.07, 6.45) is 0.795. The van der Waals surface area contributed by atoms with Crippen molar-refractivity contribution < 1.29 is 19.8 Å². The van der Waals surface area contributed by atoms with Crippen molar-refractivity contribution in [1.82, 2.24) is 9.97 Å². The Morgan fingerprint density at radius 1 is 0.969 bits per heavy atom. The van der Waals surface area contributed by atoms with Crippen molar-refractivity contribution >= 4 is 29.0 Å². The van der Waals surface area contributed by atoms with E-state index in [-0.39, 0.29) is 11.5 Å². The maximum Gasteiger partial charge on any atom is 0.335 e. The van der Waals surface area contributed by atoms with Crippen LogP contribution >= 0.6 is 11.3 Å². The fourth-order valence-corrected chi connectivity index (χ4v) is 4.15. The molecule has 0 fully saturated rings. The molecule has 0 radical (unpaired) electrons. The van der Waals surface area contributed by atoms with Gasteiger partial charge in [0.2, 0.25) is 0 Å². The van der Waals surface area contributed by atoms with Crippen molar-refractivity contribution in [2.24, 2.45) is 0 Å². The fourth-order valence-electron chi connectivity index (χ4n) is 3.12. The number of carbonyl (C=O) groups excluding carboxylic acids is 1. The van der Waals surface area contributed by atoms with Gasteiger partial charge in [0.15, 0.2) is 0 Å². The van der Waals surface area contributed by atoms with Crippen LogP contribution in [0.2, 0.25) is 0 Å². The second kappa shape index (κ2) is 9.09. The molecule has 0 spiro atoms. The number of aromatic carboxylic acids is 1. The van der Waals surface area contributed by atoms with Gasteiger partial charge in [-0.05, 0) is 48.9 Å². The molecule has 3 N–H and O–H groups in total. The van der Waals surface area contributed by atoms with Gasteiger partial charge in [-0.3, -0.25) is 4.79 Å². The monoisotopic (exact) mass is 445 g/mol. The van der Waals surface area contributed by atoms with Crippen LogP contribution in [0.15, 0.2) is 72.9 Å². The van der Waals surface area contributed by atoms with E-state index in [1.807, 2.05) is 6.07 Å². The first-order valence-electron chi connectivity index (χ1n) is 9.77. The molecule has 1 atom stereocenters. The van der Waals surface area contributed by atoms with Crippen LogP contribution in [-0.2, 0) is 0 Å². The second-order valence-electron chi connectivity index (χ2n) is 7.04. The lowest BCUT2D eigenvalue weighted by molar-refractivity contribution is 0.0696. The summed E-state index contributed by atoms with van der Waals surface area (Å²) in [7, 11) is 0. The molecule has 8 heteroatoms. The number of pyridine rings is 1. The minimum Gasteiger partial charge on any atom is -0.478 e. The Hall–Kier alpha value is -3.88. The van der Waals surface area contributed by atoms with Crippen molar-refractivity contribution in [3.63, 3.8) is 0 Å². The molecule has 32 heavy (non-hydrogen) atoms. The van der Waals surface area contributed by atoms with Gasteiger partial charge in [0, 0.05) is 17.3 Å². The molecular formula is C24H19N3O4S. The van der Waals surface area contributed by atoms with Crippen LogP contribution in [0.4, 0.5) is 5.82 Å². The van der Waals surface area contributed by atoms with Gasteiger partial charge in [0.25, 0.3) is 5.91 Å². The van der Waals surface area contributed by atoms with Gasteiger partial charge in [-0.25, -0.2) is 14.8 Å². The lowest BCUT2D eigenvalue weighted by atomic mass is 10.0. The van der Waals surface area contributed by atoms with Crippen LogP contribution in [0.5, 0.6) is 0 Å². The third kappa shape index (κ3) is 4.56. The average Bonchev–Trinajstić information content (AvgIpc) is 3.26. The van der Waals surface area contributed by atoms with E-state index < -0.39 is 12.1 Å². The largest absolute Gasteiger partial charge is 0.478 e. The molecule has 4 rings (SSSR count). The zero-order valence-corrected chi connectivity index (χ0v) is 17.8. The summed E-state index contributed by atoms with van der Waals surface area (Å²) in [5.74, 6) is -0.943. The Kier molecular flexibility index (Phi) is 6.07. The standard InChI is InChI=1S/C24H19N3O4S/c1-14(28)23-27-20(16-8-5-9-18(12-16)24(30)31)21(32-23)17-10-11-25-19(13-17)26-22(29)15-6-3-2-4-7-15/h2-14,28H,1H3,(H,30,31)(H,25,26,29). The van der Waals surface area contributed by atoms with Crippen LogP contribution in [0.3, 0.4) is 0 Å². The molecule has 2 aromatic carbocycles. The van der Waals surface area contributed by atoms with E-state index in [1.165, 1.54) is 17.4 Å². The predicted octanol–water partition coefficient (Wildman–Crippen LogP) is 4.88. The Balaban J connectivity index is 1.74. The van der Waals surface area contributed by atoms with Crippen molar-refractivity contribution in [1.29, 1.82) is 0 Å². The van der Waals surface area contributed by atoms with E-state index in [0.717, 1.165) is 10.4 Å². The Labute approximate surface area is 188 Å². The van der Waals surface area contributed by atoms with Crippen molar-refractivity contribution in [3.05, 3.63) is 89.1 Å². The van der Waals surface area contributed by atoms with Crippen molar-refractivity contribution in [2.45, 2.75) is 13.0 Å². The SMILES string of the molecule is CC(O)c1nc(-c2cccc(C(=O)O)c2)c(-c2ccnc(NC(=O)c3ccccc3)c2)s1. The number of thiazole rings is 1. The normalized spacial score (nSPS) is 11.7. The molecule has 0 aliphatic heterocycles. The van der Waals surface area contributed by atoms with Gasteiger partial charge in [-0.2, -0.15) is 0 Å². The van der Waals surface area contributed by atoms with Crippen LogP contribution in [0, 0.1) is 0 Å². The number of carbonyl (C=O) groups is 2. The number of carboxylic acids is 1. The minimum atomic E-state index is -1.03. The first-order valence-corrected chi connectivity index (χ1v) is 10.6. The third-order valence-corrected chi connectivity index (χ3v) is 5.96. The van der Waals surface area contributed by atoms with E-state index in [2.05, 4.69) is 15.3 Å².